The van der Waals surface area contributed by atoms with Gasteiger partial charge in [0.2, 0.25) is 15.9 Å². The zero-order valence-corrected chi connectivity index (χ0v) is 12.0. The number of rotatable bonds is 6. The van der Waals surface area contributed by atoms with Gasteiger partial charge in [-0.15, -0.1) is 0 Å². The van der Waals surface area contributed by atoms with E-state index in [4.69, 9.17) is 11.5 Å². The molecule has 19 heavy (non-hydrogen) atoms. The van der Waals surface area contributed by atoms with Crippen molar-refractivity contribution in [1.29, 1.82) is 0 Å². The highest BCUT2D eigenvalue weighted by molar-refractivity contribution is 7.89. The summed E-state index contributed by atoms with van der Waals surface area (Å²) < 4.78 is 27.2. The number of carbonyl (C=O) groups excluding carboxylic acids is 1. The van der Waals surface area contributed by atoms with Crippen LogP contribution in [-0.4, -0.2) is 41.5 Å². The van der Waals surface area contributed by atoms with Crippen LogP contribution >= 0.6 is 0 Å². The quantitative estimate of drug-likeness (QED) is 0.704. The van der Waals surface area contributed by atoms with Gasteiger partial charge < -0.3 is 11.5 Å². The maximum atomic E-state index is 12.4. The van der Waals surface area contributed by atoms with Gasteiger partial charge >= 0.3 is 0 Å². The minimum absolute atomic E-state index is 0.0482. The molecule has 4 N–H and O–H groups in total. The van der Waals surface area contributed by atoms with E-state index in [9.17, 15) is 13.2 Å². The van der Waals surface area contributed by atoms with Crippen molar-refractivity contribution in [2.24, 2.45) is 18.7 Å². The van der Waals surface area contributed by atoms with Crippen LogP contribution in [0.3, 0.4) is 0 Å². The third-order valence-corrected chi connectivity index (χ3v) is 4.17. The zero-order valence-electron chi connectivity index (χ0n) is 11.2. The third-order valence-electron chi connectivity index (χ3n) is 2.34. The number of nitrogens with zero attached hydrogens (tertiary/aromatic N) is 3. The molecular formula is C10H19N5O3S. The Kier molecular flexibility index (Phi) is 4.53. The molecule has 0 aliphatic rings. The summed E-state index contributed by atoms with van der Waals surface area (Å²) in [4.78, 5) is 10.9. The van der Waals surface area contributed by atoms with Crippen molar-refractivity contribution < 1.29 is 13.2 Å². The van der Waals surface area contributed by atoms with Crippen molar-refractivity contribution in [2.45, 2.75) is 18.7 Å². The second-order valence-electron chi connectivity index (χ2n) is 4.71. The van der Waals surface area contributed by atoms with Crippen LogP contribution in [0.2, 0.25) is 0 Å². The monoisotopic (exact) mass is 289 g/mol. The number of primary amides is 1. The Morgan fingerprint density at radius 1 is 1.53 bits per heavy atom. The predicted molar refractivity (Wildman–Crippen MR) is 70.4 cm³/mol. The molecule has 0 aromatic carbocycles. The van der Waals surface area contributed by atoms with Crippen molar-refractivity contribution in [3.63, 3.8) is 0 Å². The van der Waals surface area contributed by atoms with Gasteiger partial charge in [0.15, 0.2) is 5.82 Å². The highest BCUT2D eigenvalue weighted by Crippen LogP contribution is 2.21. The second kappa shape index (κ2) is 5.57. The van der Waals surface area contributed by atoms with E-state index in [0.29, 0.717) is 0 Å². The van der Waals surface area contributed by atoms with Crippen LogP contribution < -0.4 is 11.5 Å². The second-order valence-corrected chi connectivity index (χ2v) is 6.62. The van der Waals surface area contributed by atoms with Crippen LogP contribution in [0.5, 0.6) is 0 Å². The third kappa shape index (κ3) is 3.67. The van der Waals surface area contributed by atoms with Crippen molar-refractivity contribution in [1.82, 2.24) is 14.1 Å². The molecule has 1 heterocycles. The molecule has 1 aromatic rings. The average molecular weight is 289 g/mol. The van der Waals surface area contributed by atoms with Gasteiger partial charge in [0, 0.05) is 19.8 Å². The van der Waals surface area contributed by atoms with Crippen LogP contribution in [-0.2, 0) is 21.9 Å². The normalized spacial score (nSPS) is 12.3. The highest BCUT2D eigenvalue weighted by atomic mass is 32.2. The number of aromatic nitrogens is 2. The Morgan fingerprint density at radius 2 is 2.11 bits per heavy atom. The van der Waals surface area contributed by atoms with Crippen LogP contribution in [0, 0.1) is 5.92 Å². The molecule has 0 aliphatic heterocycles. The molecule has 0 fully saturated rings. The van der Waals surface area contributed by atoms with Crippen molar-refractivity contribution >= 4 is 21.7 Å². The van der Waals surface area contributed by atoms with Crippen LogP contribution in [0.4, 0.5) is 5.82 Å². The van der Waals surface area contributed by atoms with Crippen molar-refractivity contribution in [2.75, 3.05) is 18.8 Å². The molecule has 0 bridgehead atoms. The van der Waals surface area contributed by atoms with E-state index in [-0.39, 0.29) is 29.7 Å². The number of hydrogen-bond acceptors (Lipinski definition) is 5. The number of anilines is 1. The van der Waals surface area contributed by atoms with E-state index in [1.165, 1.54) is 10.9 Å². The highest BCUT2D eigenvalue weighted by Gasteiger charge is 2.30. The molecule has 9 heteroatoms. The fourth-order valence-corrected chi connectivity index (χ4v) is 3.31. The Labute approximate surface area is 112 Å². The number of aryl methyl sites for hydroxylation is 1. The summed E-state index contributed by atoms with van der Waals surface area (Å²) in [5, 5.41) is 3.79. The van der Waals surface area contributed by atoms with Crippen LogP contribution in [0.25, 0.3) is 0 Å². The average Bonchev–Trinajstić information content (AvgIpc) is 2.56. The van der Waals surface area contributed by atoms with Crippen LogP contribution in [0.1, 0.15) is 13.8 Å². The SMILES string of the molecule is CC(C)CN(CC(N)=O)S(=O)(=O)c1cn(C)nc1N. The molecule has 1 rings (SSSR count). The maximum Gasteiger partial charge on any atom is 0.248 e. The molecule has 8 nitrogen and oxygen atoms in total. The first kappa shape index (κ1) is 15.4. The lowest BCUT2D eigenvalue weighted by Crippen LogP contribution is -2.40. The summed E-state index contributed by atoms with van der Waals surface area (Å²) >= 11 is 0. The minimum atomic E-state index is -3.88. The van der Waals surface area contributed by atoms with E-state index >= 15 is 0 Å². The molecule has 0 saturated heterocycles. The topological polar surface area (TPSA) is 124 Å². The maximum absolute atomic E-state index is 12.4. The van der Waals surface area contributed by atoms with Crippen molar-refractivity contribution in [3.8, 4) is 0 Å². The summed E-state index contributed by atoms with van der Waals surface area (Å²) in [7, 11) is -2.31. The van der Waals surface area contributed by atoms with Gasteiger partial charge in [-0.05, 0) is 5.92 Å². The summed E-state index contributed by atoms with van der Waals surface area (Å²) in [5.41, 5.74) is 10.7. The fraction of sp³-hybridized carbons (Fsp3) is 0.600. The molecule has 1 amide bonds. The number of nitrogen functional groups attached to an aromatic ring is 1. The summed E-state index contributed by atoms with van der Waals surface area (Å²) in [6.07, 6.45) is 1.30. The molecule has 0 unspecified atom stereocenters. The van der Waals surface area contributed by atoms with Gasteiger partial charge in [0.1, 0.15) is 4.90 Å². The van der Waals surface area contributed by atoms with Crippen LogP contribution in [0.15, 0.2) is 11.1 Å². The van der Waals surface area contributed by atoms with E-state index in [0.717, 1.165) is 4.31 Å². The Morgan fingerprint density at radius 3 is 2.47 bits per heavy atom. The number of amides is 1. The smallest absolute Gasteiger partial charge is 0.248 e. The van der Waals surface area contributed by atoms with Gasteiger partial charge in [0.05, 0.1) is 6.54 Å². The first-order chi connectivity index (χ1) is 8.64. The Bertz CT molecular complexity index is 564. The van der Waals surface area contributed by atoms with E-state index < -0.39 is 15.9 Å². The largest absolute Gasteiger partial charge is 0.381 e. The van der Waals surface area contributed by atoms with Gasteiger partial charge in [0.25, 0.3) is 0 Å². The number of nitrogens with two attached hydrogens (primary N) is 2. The first-order valence-electron chi connectivity index (χ1n) is 5.72. The summed E-state index contributed by atoms with van der Waals surface area (Å²) in [6.45, 7) is 3.49. The predicted octanol–water partition coefficient (Wildman–Crippen LogP) is -0.866. The lowest BCUT2D eigenvalue weighted by molar-refractivity contribution is -0.118. The first-order valence-corrected chi connectivity index (χ1v) is 7.16. The molecular weight excluding hydrogens is 270 g/mol. The molecule has 0 saturated carbocycles. The molecule has 0 radical (unpaired) electrons. The molecule has 1 aromatic heterocycles. The molecule has 108 valence electrons. The molecule has 0 aliphatic carbocycles. The van der Waals surface area contributed by atoms with Gasteiger partial charge in [-0.25, -0.2) is 8.42 Å². The molecule has 0 atom stereocenters. The number of sulfonamides is 1. The number of hydrogen-bond donors (Lipinski definition) is 2. The standard InChI is InChI=1S/C10H19N5O3S/c1-7(2)4-15(6-9(11)16)19(17,18)8-5-14(3)13-10(8)12/h5,7H,4,6H2,1-3H3,(H2,11,16)(H2,12,13). The zero-order chi connectivity index (χ0) is 14.8. The number of carbonyl (C=O) groups is 1. The van der Waals surface area contributed by atoms with E-state index in [2.05, 4.69) is 5.10 Å². The minimum Gasteiger partial charge on any atom is -0.381 e. The van der Waals surface area contributed by atoms with Crippen molar-refractivity contribution in [3.05, 3.63) is 6.20 Å². The summed E-state index contributed by atoms with van der Waals surface area (Å²) in [5.74, 6) is -0.764. The Balaban J connectivity index is 3.18. The lowest BCUT2D eigenvalue weighted by atomic mass is 10.2. The van der Waals surface area contributed by atoms with Gasteiger partial charge in [-0.3, -0.25) is 9.48 Å². The van der Waals surface area contributed by atoms with E-state index in [1.807, 2.05) is 13.8 Å². The lowest BCUT2D eigenvalue weighted by Gasteiger charge is -2.21. The summed E-state index contributed by atoms with van der Waals surface area (Å²) in [6, 6.07) is 0. The molecule has 0 spiro atoms. The van der Waals surface area contributed by atoms with E-state index in [1.54, 1.807) is 7.05 Å². The van der Waals surface area contributed by atoms with Gasteiger partial charge in [-0.1, -0.05) is 13.8 Å². The van der Waals surface area contributed by atoms with Gasteiger partial charge in [-0.2, -0.15) is 9.40 Å². The fourth-order valence-electron chi connectivity index (χ4n) is 1.65. The Hall–Kier alpha value is -1.61.